The van der Waals surface area contributed by atoms with Crippen LogP contribution in [0, 0.1) is 0 Å². The summed E-state index contributed by atoms with van der Waals surface area (Å²) in [5.74, 6) is 0.921. The molecule has 0 bridgehead atoms. The van der Waals surface area contributed by atoms with Crippen molar-refractivity contribution in [2.24, 2.45) is 0 Å². The van der Waals surface area contributed by atoms with E-state index in [1.165, 1.54) is 43.5 Å². The topological polar surface area (TPSA) is 12.5 Å². The van der Waals surface area contributed by atoms with Crippen molar-refractivity contribution in [2.75, 3.05) is 20.2 Å². The summed E-state index contributed by atoms with van der Waals surface area (Å²) in [5, 5.41) is 0. The van der Waals surface area contributed by atoms with Gasteiger partial charge in [-0.15, -0.1) is 0 Å². The highest BCUT2D eigenvalue weighted by Crippen LogP contribution is 2.31. The van der Waals surface area contributed by atoms with E-state index in [2.05, 4.69) is 59.5 Å². The number of ether oxygens (including phenoxy) is 1. The van der Waals surface area contributed by atoms with Crippen LogP contribution in [-0.2, 0) is 0 Å². The standard InChI is InChI=1S/C19H23NO/c1-21-18-12-10-17(11-13-18)19(16-8-4-2-5-9-16)20-14-6-3-7-15-20/h2,4-5,8-13,19H,3,6-7,14-15H2,1H3/t19-/m0/s1. The number of piperidine rings is 1. The van der Waals surface area contributed by atoms with Gasteiger partial charge in [-0.05, 0) is 49.2 Å². The third kappa shape index (κ3) is 3.27. The summed E-state index contributed by atoms with van der Waals surface area (Å²) in [6.07, 6.45) is 3.97. The summed E-state index contributed by atoms with van der Waals surface area (Å²) in [5.41, 5.74) is 2.73. The van der Waals surface area contributed by atoms with Crippen LogP contribution in [0.2, 0.25) is 0 Å². The summed E-state index contributed by atoms with van der Waals surface area (Å²) < 4.78 is 5.29. The molecule has 2 aromatic rings. The molecule has 1 atom stereocenters. The zero-order valence-corrected chi connectivity index (χ0v) is 12.7. The molecule has 0 N–H and O–H groups in total. The lowest BCUT2D eigenvalue weighted by Crippen LogP contribution is -2.34. The fourth-order valence-electron chi connectivity index (χ4n) is 3.21. The first-order valence-corrected chi connectivity index (χ1v) is 7.81. The zero-order valence-electron chi connectivity index (χ0n) is 12.7. The maximum atomic E-state index is 5.29. The first-order chi connectivity index (χ1) is 10.4. The molecule has 0 unspecified atom stereocenters. The van der Waals surface area contributed by atoms with Crippen molar-refractivity contribution < 1.29 is 4.74 Å². The van der Waals surface area contributed by atoms with Crippen LogP contribution in [0.3, 0.4) is 0 Å². The van der Waals surface area contributed by atoms with E-state index in [1.807, 2.05) is 0 Å². The average Bonchev–Trinajstić information content (AvgIpc) is 2.58. The Morgan fingerprint density at radius 1 is 0.810 bits per heavy atom. The normalized spacial score (nSPS) is 17.4. The van der Waals surface area contributed by atoms with E-state index < -0.39 is 0 Å². The lowest BCUT2D eigenvalue weighted by atomic mass is 9.95. The number of hydrogen-bond donors (Lipinski definition) is 0. The van der Waals surface area contributed by atoms with E-state index in [0.29, 0.717) is 6.04 Å². The van der Waals surface area contributed by atoms with Gasteiger partial charge in [-0.3, -0.25) is 4.90 Å². The molecule has 2 nitrogen and oxygen atoms in total. The lowest BCUT2D eigenvalue weighted by molar-refractivity contribution is 0.187. The largest absolute Gasteiger partial charge is 0.497 e. The third-order valence-corrected chi connectivity index (χ3v) is 4.30. The number of hydrogen-bond acceptors (Lipinski definition) is 2. The van der Waals surface area contributed by atoms with Crippen LogP contribution in [0.1, 0.15) is 36.4 Å². The predicted molar refractivity (Wildman–Crippen MR) is 86.7 cm³/mol. The van der Waals surface area contributed by atoms with E-state index in [0.717, 1.165) is 5.75 Å². The second-order valence-corrected chi connectivity index (χ2v) is 5.68. The van der Waals surface area contributed by atoms with E-state index in [9.17, 15) is 0 Å². The molecule has 1 aliphatic heterocycles. The van der Waals surface area contributed by atoms with E-state index in [-0.39, 0.29) is 0 Å². The van der Waals surface area contributed by atoms with Gasteiger partial charge >= 0.3 is 0 Å². The van der Waals surface area contributed by atoms with E-state index in [4.69, 9.17) is 4.74 Å². The van der Waals surface area contributed by atoms with Gasteiger partial charge in [0, 0.05) is 0 Å². The van der Waals surface area contributed by atoms with Crippen LogP contribution in [0.4, 0.5) is 0 Å². The molecule has 0 aromatic heterocycles. The molecule has 21 heavy (non-hydrogen) atoms. The summed E-state index contributed by atoms with van der Waals surface area (Å²) in [4.78, 5) is 2.61. The Labute approximate surface area is 127 Å². The minimum absolute atomic E-state index is 0.359. The molecular formula is C19H23NO. The fraction of sp³-hybridized carbons (Fsp3) is 0.368. The second-order valence-electron chi connectivity index (χ2n) is 5.68. The van der Waals surface area contributed by atoms with E-state index >= 15 is 0 Å². The summed E-state index contributed by atoms with van der Waals surface area (Å²) in [6, 6.07) is 19.7. The Morgan fingerprint density at radius 3 is 2.05 bits per heavy atom. The molecule has 2 heteroatoms. The Morgan fingerprint density at radius 2 is 1.43 bits per heavy atom. The summed E-state index contributed by atoms with van der Waals surface area (Å²) in [6.45, 7) is 2.37. The van der Waals surface area contributed by atoms with Gasteiger partial charge in [-0.2, -0.15) is 0 Å². The lowest BCUT2D eigenvalue weighted by Gasteiger charge is -2.35. The fourth-order valence-corrected chi connectivity index (χ4v) is 3.21. The Hall–Kier alpha value is -1.80. The molecule has 0 radical (unpaired) electrons. The molecule has 110 valence electrons. The first kappa shape index (κ1) is 14.2. The Kier molecular flexibility index (Phi) is 4.56. The van der Waals surface area contributed by atoms with Crippen molar-refractivity contribution in [1.82, 2.24) is 4.90 Å². The average molecular weight is 281 g/mol. The van der Waals surface area contributed by atoms with Crippen molar-refractivity contribution >= 4 is 0 Å². The summed E-state index contributed by atoms with van der Waals surface area (Å²) in [7, 11) is 1.72. The molecule has 0 aliphatic carbocycles. The smallest absolute Gasteiger partial charge is 0.118 e. The Balaban J connectivity index is 1.94. The number of rotatable bonds is 4. The van der Waals surface area contributed by atoms with Gasteiger partial charge in [0.2, 0.25) is 0 Å². The highest BCUT2D eigenvalue weighted by atomic mass is 16.5. The van der Waals surface area contributed by atoms with Gasteiger partial charge in [0.15, 0.2) is 0 Å². The van der Waals surface area contributed by atoms with Crippen molar-refractivity contribution in [3.8, 4) is 5.75 Å². The second kappa shape index (κ2) is 6.77. The van der Waals surface area contributed by atoms with Crippen LogP contribution < -0.4 is 4.74 Å². The molecule has 0 saturated carbocycles. The van der Waals surface area contributed by atoms with Gasteiger partial charge < -0.3 is 4.74 Å². The van der Waals surface area contributed by atoms with Crippen molar-refractivity contribution in [1.29, 1.82) is 0 Å². The molecule has 1 fully saturated rings. The number of nitrogens with zero attached hydrogens (tertiary/aromatic N) is 1. The maximum Gasteiger partial charge on any atom is 0.118 e. The summed E-state index contributed by atoms with van der Waals surface area (Å²) >= 11 is 0. The van der Waals surface area contributed by atoms with Crippen molar-refractivity contribution in [3.05, 3.63) is 65.7 Å². The molecule has 2 aromatic carbocycles. The highest BCUT2D eigenvalue weighted by Gasteiger charge is 2.23. The van der Waals surface area contributed by atoms with Crippen LogP contribution in [-0.4, -0.2) is 25.1 Å². The van der Waals surface area contributed by atoms with Crippen LogP contribution in [0.5, 0.6) is 5.75 Å². The van der Waals surface area contributed by atoms with Gasteiger partial charge in [0.05, 0.1) is 13.2 Å². The zero-order chi connectivity index (χ0) is 14.5. The number of benzene rings is 2. The molecular weight excluding hydrogens is 258 g/mol. The van der Waals surface area contributed by atoms with Gasteiger partial charge in [-0.25, -0.2) is 0 Å². The molecule has 1 saturated heterocycles. The minimum atomic E-state index is 0.359. The van der Waals surface area contributed by atoms with E-state index in [1.54, 1.807) is 7.11 Å². The molecule has 1 aliphatic rings. The highest BCUT2D eigenvalue weighted by molar-refractivity contribution is 5.35. The maximum absolute atomic E-state index is 5.29. The van der Waals surface area contributed by atoms with Crippen LogP contribution in [0.25, 0.3) is 0 Å². The monoisotopic (exact) mass is 281 g/mol. The number of methoxy groups -OCH3 is 1. The van der Waals surface area contributed by atoms with Gasteiger partial charge in [0.1, 0.15) is 5.75 Å². The predicted octanol–water partition coefficient (Wildman–Crippen LogP) is 4.27. The van der Waals surface area contributed by atoms with Gasteiger partial charge in [-0.1, -0.05) is 48.9 Å². The first-order valence-electron chi connectivity index (χ1n) is 7.81. The molecule has 0 amide bonds. The third-order valence-electron chi connectivity index (χ3n) is 4.30. The Bertz CT molecular complexity index is 544. The molecule has 3 rings (SSSR count). The van der Waals surface area contributed by atoms with Crippen LogP contribution in [0.15, 0.2) is 54.6 Å². The van der Waals surface area contributed by atoms with Crippen molar-refractivity contribution in [2.45, 2.75) is 25.3 Å². The molecule has 0 spiro atoms. The number of likely N-dealkylation sites (tertiary alicyclic amines) is 1. The minimum Gasteiger partial charge on any atom is -0.497 e. The van der Waals surface area contributed by atoms with Crippen LogP contribution >= 0.6 is 0 Å². The van der Waals surface area contributed by atoms with Gasteiger partial charge in [0.25, 0.3) is 0 Å². The molecule has 1 heterocycles. The SMILES string of the molecule is COc1ccc([C@H](c2ccccc2)N2CCCCC2)cc1. The van der Waals surface area contributed by atoms with Crippen molar-refractivity contribution in [3.63, 3.8) is 0 Å². The quantitative estimate of drug-likeness (QED) is 0.830.